The second-order valence-corrected chi connectivity index (χ2v) is 18.5. The first-order chi connectivity index (χ1) is 34.7. The van der Waals surface area contributed by atoms with E-state index in [-0.39, 0.29) is 101 Å². The number of nitrogens with two attached hydrogens (primary N) is 6. The molecule has 1 fully saturated rings. The molecular formula is C46H76N16O12. The number of rotatable bonds is 31. The van der Waals surface area contributed by atoms with Gasteiger partial charge in [0.05, 0.1) is 6.04 Å². The van der Waals surface area contributed by atoms with Crippen LogP contribution in [0.25, 0.3) is 0 Å². The van der Waals surface area contributed by atoms with Gasteiger partial charge in [0, 0.05) is 32.5 Å². The van der Waals surface area contributed by atoms with Crippen LogP contribution in [0.5, 0.6) is 5.75 Å². The number of likely N-dealkylation sites (tertiary alicyclic amines) is 1. The molecule has 0 spiro atoms. The second-order valence-electron chi connectivity index (χ2n) is 18.5. The quantitative estimate of drug-likeness (QED) is 0.0189. The Kier molecular flexibility index (Phi) is 26.1. The number of carbonyl (C=O) groups excluding carboxylic acids is 9. The minimum Gasteiger partial charge on any atom is -0.508 e. The van der Waals surface area contributed by atoms with Crippen molar-refractivity contribution in [1.29, 1.82) is 0 Å². The zero-order valence-corrected chi connectivity index (χ0v) is 42.6. The zero-order chi connectivity index (χ0) is 55.8. The average molecular weight is 1050 g/mol. The van der Waals surface area contributed by atoms with Crippen molar-refractivity contribution in [2.75, 3.05) is 19.6 Å². The molecule has 1 aromatic carbocycles. The van der Waals surface area contributed by atoms with Crippen molar-refractivity contribution in [3.8, 4) is 5.75 Å². The molecule has 1 aromatic rings. The molecule has 1 saturated heterocycles. The van der Waals surface area contributed by atoms with Gasteiger partial charge in [-0.25, -0.2) is 4.79 Å². The van der Waals surface area contributed by atoms with Gasteiger partial charge in [-0.1, -0.05) is 26.0 Å². The molecule has 0 aromatic heterocycles. The highest BCUT2D eigenvalue weighted by Crippen LogP contribution is 2.21. The van der Waals surface area contributed by atoms with Gasteiger partial charge >= 0.3 is 5.97 Å². The van der Waals surface area contributed by atoms with Crippen LogP contribution in [0.15, 0.2) is 34.3 Å². The van der Waals surface area contributed by atoms with E-state index in [0.29, 0.717) is 12.0 Å². The Morgan fingerprint density at radius 3 is 1.61 bits per heavy atom. The number of carboxylic acids is 1. The molecule has 9 atom stereocenters. The first kappa shape index (κ1) is 62.3. The fourth-order valence-electron chi connectivity index (χ4n) is 7.54. The summed E-state index contributed by atoms with van der Waals surface area (Å²) < 4.78 is 0. The summed E-state index contributed by atoms with van der Waals surface area (Å²) in [6.45, 7) is 7.85. The Morgan fingerprint density at radius 1 is 0.622 bits per heavy atom. The van der Waals surface area contributed by atoms with Crippen LogP contribution in [-0.2, 0) is 54.4 Å². The van der Waals surface area contributed by atoms with Gasteiger partial charge in [0.1, 0.15) is 54.1 Å². The van der Waals surface area contributed by atoms with Crippen molar-refractivity contribution in [1.82, 2.24) is 42.1 Å². The summed E-state index contributed by atoms with van der Waals surface area (Å²) in [4.78, 5) is 141. The molecule has 9 amide bonds. The van der Waals surface area contributed by atoms with E-state index < -0.39 is 114 Å². The minimum atomic E-state index is -1.37. The Morgan fingerprint density at radius 2 is 1.09 bits per heavy atom. The monoisotopic (exact) mass is 1040 g/mol. The molecule has 21 N–H and O–H groups in total. The number of nitrogens with zero attached hydrogens (tertiary/aromatic N) is 3. The molecule has 0 radical (unpaired) electrons. The number of hydrogen-bond donors (Lipinski definition) is 15. The number of nitrogens with one attached hydrogen (secondary N) is 7. The number of aliphatic carboxylic acids is 1. The van der Waals surface area contributed by atoms with Gasteiger partial charge in [-0.05, 0) is 95.8 Å². The van der Waals surface area contributed by atoms with Crippen molar-refractivity contribution >= 4 is 71.1 Å². The third-order valence-electron chi connectivity index (χ3n) is 11.6. The highest BCUT2D eigenvalue weighted by Gasteiger charge is 2.39. The fourth-order valence-corrected chi connectivity index (χ4v) is 7.54. The van der Waals surface area contributed by atoms with Crippen LogP contribution in [0.2, 0.25) is 0 Å². The van der Waals surface area contributed by atoms with Crippen molar-refractivity contribution in [3.05, 3.63) is 29.8 Å². The topological polar surface area (TPSA) is 479 Å². The lowest BCUT2D eigenvalue weighted by Gasteiger charge is -2.30. The van der Waals surface area contributed by atoms with Gasteiger partial charge in [0.2, 0.25) is 53.2 Å². The number of phenols is 1. The molecular weight excluding hydrogens is 969 g/mol. The number of aliphatic imine (C=N–C) groups is 2. The first-order valence-corrected chi connectivity index (χ1v) is 24.3. The van der Waals surface area contributed by atoms with E-state index in [4.69, 9.17) is 34.4 Å². The average Bonchev–Trinajstić information content (AvgIpc) is 3.82. The third kappa shape index (κ3) is 22.3. The lowest BCUT2D eigenvalue weighted by molar-refractivity contribution is -0.145. The molecule has 0 bridgehead atoms. The Labute approximate surface area is 429 Å². The van der Waals surface area contributed by atoms with E-state index in [1.807, 2.05) is 0 Å². The summed E-state index contributed by atoms with van der Waals surface area (Å²) in [6.07, 6.45) is 0.696. The molecule has 0 aliphatic carbocycles. The van der Waals surface area contributed by atoms with Gasteiger partial charge in [0.15, 0.2) is 11.9 Å². The Bertz CT molecular complexity index is 2180. The highest BCUT2D eigenvalue weighted by atomic mass is 16.4. The number of primary amides is 1. The Balaban J connectivity index is 2.19. The maximum Gasteiger partial charge on any atom is 0.326 e. The fraction of sp³-hybridized carbons (Fsp3) is 0.609. The van der Waals surface area contributed by atoms with Crippen LogP contribution in [0, 0.1) is 5.92 Å². The van der Waals surface area contributed by atoms with E-state index >= 15 is 0 Å². The summed E-state index contributed by atoms with van der Waals surface area (Å²) in [5.74, 6) is -8.70. The van der Waals surface area contributed by atoms with Gasteiger partial charge in [-0.15, -0.1) is 0 Å². The number of hydrogen-bond acceptors (Lipinski definition) is 14. The lowest BCUT2D eigenvalue weighted by atomic mass is 10.0. The predicted molar refractivity (Wildman–Crippen MR) is 270 cm³/mol. The molecule has 0 unspecified atom stereocenters. The van der Waals surface area contributed by atoms with E-state index in [0.717, 1.165) is 0 Å². The van der Waals surface area contributed by atoms with Crippen LogP contribution >= 0.6 is 0 Å². The number of carbonyl (C=O) groups is 10. The summed E-state index contributed by atoms with van der Waals surface area (Å²) in [5, 5.41) is 37.3. The summed E-state index contributed by atoms with van der Waals surface area (Å²) in [6, 6.07) is -5.36. The van der Waals surface area contributed by atoms with E-state index in [2.05, 4.69) is 47.2 Å². The number of benzene rings is 1. The SMILES string of the molecule is CC(C)C[C@H](NC(=O)[C@H](CCCN=C(N)N)NC(=O)[C@H](C)NC(=O)[C@@H](N)CCC(N)=O)C(=O)N[C@@H](C)C(=O)N[C@@H](C)C(=O)N[C@@H](CCCN=C(N)N)C(=O)N1CCC[C@H]1C(=O)N[C@@H](Cc1ccc(O)cc1)C(=O)O. The minimum absolute atomic E-state index is 0.00827. The zero-order valence-electron chi connectivity index (χ0n) is 42.6. The molecule has 74 heavy (non-hydrogen) atoms. The molecule has 28 nitrogen and oxygen atoms in total. The molecule has 1 aliphatic rings. The summed E-state index contributed by atoms with van der Waals surface area (Å²) >= 11 is 0. The van der Waals surface area contributed by atoms with Crippen molar-refractivity contribution in [3.63, 3.8) is 0 Å². The van der Waals surface area contributed by atoms with Gasteiger partial charge < -0.3 is 86.7 Å². The normalized spacial score (nSPS) is 16.3. The van der Waals surface area contributed by atoms with Crippen LogP contribution in [0.3, 0.4) is 0 Å². The number of aromatic hydroxyl groups is 1. The second kappa shape index (κ2) is 31.0. The summed E-state index contributed by atoms with van der Waals surface area (Å²) in [5.41, 5.74) is 33.3. The summed E-state index contributed by atoms with van der Waals surface area (Å²) in [7, 11) is 0. The van der Waals surface area contributed by atoms with Gasteiger partial charge in [0.25, 0.3) is 0 Å². The number of amides is 9. The van der Waals surface area contributed by atoms with Gasteiger partial charge in [-0.3, -0.25) is 53.1 Å². The molecule has 2 rings (SSSR count). The van der Waals surface area contributed by atoms with E-state index in [9.17, 15) is 58.2 Å². The van der Waals surface area contributed by atoms with Crippen LogP contribution in [0.4, 0.5) is 0 Å². The molecule has 28 heteroatoms. The predicted octanol–water partition coefficient (Wildman–Crippen LogP) is -4.79. The maximum absolute atomic E-state index is 14.1. The number of carboxylic acid groups (broad SMARTS) is 1. The van der Waals surface area contributed by atoms with Gasteiger partial charge in [-0.2, -0.15) is 0 Å². The number of guanidine groups is 2. The molecule has 1 aliphatic heterocycles. The maximum atomic E-state index is 14.1. The third-order valence-corrected chi connectivity index (χ3v) is 11.6. The lowest BCUT2D eigenvalue weighted by Crippen LogP contribution is -2.59. The smallest absolute Gasteiger partial charge is 0.326 e. The van der Waals surface area contributed by atoms with Crippen molar-refractivity contribution in [2.24, 2.45) is 50.3 Å². The number of phenolic OH excluding ortho intramolecular Hbond substituents is 1. The van der Waals surface area contributed by atoms with Crippen molar-refractivity contribution < 1.29 is 58.2 Å². The largest absolute Gasteiger partial charge is 0.508 e. The van der Waals surface area contributed by atoms with E-state index in [1.54, 1.807) is 13.8 Å². The van der Waals surface area contributed by atoms with Crippen LogP contribution in [0.1, 0.15) is 98.0 Å². The molecule has 412 valence electrons. The first-order valence-electron chi connectivity index (χ1n) is 24.3. The van der Waals surface area contributed by atoms with Crippen LogP contribution < -0.4 is 71.6 Å². The Hall–Kier alpha value is -7.78. The molecule has 0 saturated carbocycles. The van der Waals surface area contributed by atoms with Crippen molar-refractivity contribution in [2.45, 2.75) is 153 Å². The van der Waals surface area contributed by atoms with Crippen LogP contribution in [-0.4, -0.2) is 160 Å². The molecule has 1 heterocycles. The standard InChI is InChI=1S/C46H76N16O12/c1-23(2)21-32(60-40(69)30(9-6-18-53-45(49)50)58-37(66)26(5)56-39(68)29(47)16-17-35(48)64)41(70)57-24(3)36(65)55-25(4)38(67)59-31(10-7-19-54-46(51)52)43(72)62-20-8-11-34(62)42(71)61-33(44(73)74)22-27-12-14-28(63)15-13-27/h12-15,23-26,29-34,63H,6-11,16-22,47H2,1-5H3,(H2,48,64)(H,55,65)(H,56,68)(H,57,70)(H,58,66)(H,59,67)(H,60,69)(H,61,71)(H,73,74)(H4,49,50,53)(H4,51,52,54)/t24-,25-,26-,29-,30-,31-,32-,33-,34-/m0/s1. The highest BCUT2D eigenvalue weighted by molar-refractivity contribution is 5.98. The van der Waals surface area contributed by atoms with E-state index in [1.165, 1.54) is 49.9 Å².